The fourth-order valence-corrected chi connectivity index (χ4v) is 11.7. The van der Waals surface area contributed by atoms with Crippen molar-refractivity contribution in [2.75, 3.05) is 19.6 Å². The van der Waals surface area contributed by atoms with Crippen molar-refractivity contribution in [3.05, 3.63) is 108 Å². The number of rotatable bonds is 12. The smallest absolute Gasteiger partial charge is 0.392 e. The van der Waals surface area contributed by atoms with Gasteiger partial charge in [-0.2, -0.15) is 35.0 Å². The molecule has 396 valence electrons. The molecular formula is C46H49F10N8O7S2+. The fourth-order valence-electron chi connectivity index (χ4n) is 8.46. The van der Waals surface area contributed by atoms with E-state index in [1.54, 1.807) is 22.9 Å². The highest BCUT2D eigenvalue weighted by Gasteiger charge is 2.46. The van der Waals surface area contributed by atoms with Crippen LogP contribution in [-0.4, -0.2) is 129 Å². The summed E-state index contributed by atoms with van der Waals surface area (Å²) in [6.45, 7) is -0.378. The van der Waals surface area contributed by atoms with Crippen LogP contribution in [0.5, 0.6) is 0 Å². The number of nitrogens with zero attached hydrogens (tertiary/aromatic N) is 7. The third kappa shape index (κ3) is 14.5. The van der Waals surface area contributed by atoms with Crippen molar-refractivity contribution in [3.8, 4) is 0 Å². The third-order valence-corrected chi connectivity index (χ3v) is 16.2. The van der Waals surface area contributed by atoms with Crippen LogP contribution in [0.15, 0.2) is 89.2 Å². The molecule has 15 nitrogen and oxygen atoms in total. The zero-order valence-corrected chi connectivity index (χ0v) is 40.1. The number of carbonyl (C=O) groups is 2. The minimum atomic E-state index is -4.24. The molecule has 0 bridgehead atoms. The normalized spacial score (nSPS) is 23.1. The van der Waals surface area contributed by atoms with Crippen LogP contribution in [0.1, 0.15) is 68.4 Å². The topological polar surface area (TPSA) is 210 Å². The van der Waals surface area contributed by atoms with Crippen molar-refractivity contribution in [1.29, 1.82) is 0 Å². The minimum Gasteiger partial charge on any atom is -0.480 e. The number of aromatic nitrogens is 4. The van der Waals surface area contributed by atoms with Gasteiger partial charge in [-0.25, -0.2) is 53.9 Å². The van der Waals surface area contributed by atoms with E-state index in [0.717, 1.165) is 52.8 Å². The lowest BCUT2D eigenvalue weighted by Crippen LogP contribution is -2.40. The molecule has 4 aromatic rings. The van der Waals surface area contributed by atoms with Crippen molar-refractivity contribution in [1.82, 2.24) is 28.5 Å². The van der Waals surface area contributed by atoms with Crippen LogP contribution in [-0.2, 0) is 42.6 Å². The average Bonchev–Trinajstić information content (AvgIpc) is 3.97. The number of ketones is 1. The number of aryl methyl sites for hydroxylation is 1. The first-order valence-corrected chi connectivity index (χ1v) is 25.5. The van der Waals surface area contributed by atoms with Crippen molar-refractivity contribution in [2.45, 2.75) is 111 Å². The van der Waals surface area contributed by atoms with Crippen LogP contribution in [0.2, 0.25) is 0 Å². The highest BCUT2D eigenvalue weighted by Crippen LogP contribution is 2.39. The largest absolute Gasteiger partial charge is 0.480 e. The minimum absolute atomic E-state index is 0.00847. The Morgan fingerprint density at radius 2 is 1.23 bits per heavy atom. The molecule has 8 rings (SSSR count). The number of carbonyl (C=O) groups excluding carboxylic acids is 1. The number of hydrogen-bond acceptors (Lipinski definition) is 11. The number of aliphatic carboxylic acids is 1. The van der Waals surface area contributed by atoms with Gasteiger partial charge in [-0.15, -0.1) is 0 Å². The third-order valence-electron chi connectivity index (χ3n) is 12.5. The maximum atomic E-state index is 14.2. The van der Waals surface area contributed by atoms with Crippen LogP contribution >= 0.6 is 0 Å². The molecule has 3 aliphatic heterocycles. The molecule has 0 radical (unpaired) electrons. The molecule has 2 aromatic heterocycles. The van der Waals surface area contributed by atoms with Crippen LogP contribution in [0.3, 0.4) is 0 Å². The van der Waals surface area contributed by atoms with E-state index in [1.807, 2.05) is 0 Å². The van der Waals surface area contributed by atoms with E-state index in [0.29, 0.717) is 39.3 Å². The van der Waals surface area contributed by atoms with Gasteiger partial charge < -0.3 is 10.8 Å². The first-order chi connectivity index (χ1) is 34.3. The van der Waals surface area contributed by atoms with Crippen molar-refractivity contribution in [3.63, 3.8) is 0 Å². The monoisotopic (exact) mass is 1080 g/mol. The predicted octanol–water partition coefficient (Wildman–Crippen LogP) is 7.30. The number of halogens is 10. The molecule has 73 heavy (non-hydrogen) atoms. The zero-order valence-electron chi connectivity index (χ0n) is 38.4. The lowest BCUT2D eigenvalue weighted by molar-refractivity contribution is -0.452. The summed E-state index contributed by atoms with van der Waals surface area (Å²) in [5.74, 6) is -5.13. The van der Waals surface area contributed by atoms with Crippen LogP contribution < -0.4 is 5.73 Å². The van der Waals surface area contributed by atoms with E-state index in [-0.39, 0.29) is 74.1 Å². The molecular weight excluding hydrogens is 1030 g/mol. The summed E-state index contributed by atoms with van der Waals surface area (Å²) in [5, 5.41) is 8.92. The molecule has 6 atom stereocenters. The van der Waals surface area contributed by atoms with Crippen LogP contribution in [0.4, 0.5) is 49.7 Å². The molecule has 27 heteroatoms. The fraction of sp³-hybridized carbons (Fsp3) is 0.457. The lowest BCUT2D eigenvalue weighted by atomic mass is 9.87. The Morgan fingerprint density at radius 3 is 1.73 bits per heavy atom. The molecule has 2 unspecified atom stereocenters. The van der Waals surface area contributed by atoms with Gasteiger partial charge in [0.05, 0.1) is 57.9 Å². The molecule has 0 saturated carbocycles. The van der Waals surface area contributed by atoms with Gasteiger partial charge in [0.15, 0.2) is 5.78 Å². The highest BCUT2D eigenvalue weighted by molar-refractivity contribution is 7.89. The number of benzene rings is 2. The maximum Gasteiger partial charge on any atom is 0.392 e. The van der Waals surface area contributed by atoms with Crippen molar-refractivity contribution in [2.24, 2.45) is 17.6 Å². The van der Waals surface area contributed by atoms with Gasteiger partial charge in [-0.3, -0.25) is 9.59 Å². The molecule has 2 saturated heterocycles. The molecule has 3 N–H and O–H groups in total. The summed E-state index contributed by atoms with van der Waals surface area (Å²) in [4.78, 5) is 39.6. The molecule has 2 aromatic carbocycles. The molecule has 0 amide bonds. The molecule has 5 heterocycles. The zero-order chi connectivity index (χ0) is 53.5. The highest BCUT2D eigenvalue weighted by atomic mass is 32.2. The molecule has 4 aliphatic rings. The standard InChI is InChI=1S/C24H24F5N3O3S.C11H14F3N4.C11H11F2NO4S/c25-17-5-8-20(9-6-17)36(34,35)32-13-18(26)11-22(32)23(33)10-7-19-12-21(31-14-30-19)15-1-3-16(4-2-15)24(27,28)29;12-11(13,14)8-1-3-18(4-2-8)10-5-9(6-15)16-7-17-10;12-7-1-3-9(4-2-7)19(17,18)14-6-8(13)5-10(14)11(15)16/h1,5-6,8-9,12,14,16,18,22H,2-4,7,10-11,13H2;3,5,7-8H,1-2,4,6,15H2;1-4,8,10H,5-6H2,(H,15,16)/q;+1;/t16?,18-,22+;;8-,10+/m1.1/s1. The number of nitrogens with two attached hydrogens (primary N) is 1. The number of sulfonamides is 2. The number of allylic oxidation sites excluding steroid dienone is 2. The van der Waals surface area contributed by atoms with Crippen LogP contribution in [0.25, 0.3) is 5.57 Å². The van der Waals surface area contributed by atoms with Gasteiger partial charge in [-0.05, 0) is 97.3 Å². The first-order valence-electron chi connectivity index (χ1n) is 22.6. The quantitative estimate of drug-likeness (QED) is 0.106. The van der Waals surface area contributed by atoms with Gasteiger partial charge in [0.2, 0.25) is 26.4 Å². The Kier molecular flexibility index (Phi) is 18.3. The van der Waals surface area contributed by atoms with Crippen LogP contribution in [0, 0.1) is 23.5 Å². The average molecular weight is 1080 g/mol. The van der Waals surface area contributed by atoms with E-state index in [9.17, 15) is 70.3 Å². The molecule has 2 fully saturated rings. The van der Waals surface area contributed by atoms with Gasteiger partial charge in [-0.1, -0.05) is 6.08 Å². The maximum absolute atomic E-state index is 14.2. The van der Waals surface area contributed by atoms with E-state index < -0.39 is 105 Å². The summed E-state index contributed by atoms with van der Waals surface area (Å²) in [6, 6.07) is 8.71. The second-order valence-corrected chi connectivity index (χ2v) is 21.2. The first kappa shape index (κ1) is 56.5. The summed E-state index contributed by atoms with van der Waals surface area (Å²) in [7, 11) is -8.35. The number of Topliss-reactive ketones (excluding diaryl/α,β-unsaturated/α-hetero) is 1. The lowest BCUT2D eigenvalue weighted by Gasteiger charge is -2.24. The number of hydrogen-bond donors (Lipinski definition) is 2. The predicted molar refractivity (Wildman–Crippen MR) is 241 cm³/mol. The van der Waals surface area contributed by atoms with Crippen molar-refractivity contribution < 1.29 is 80.0 Å². The number of carboxylic acids is 1. The van der Waals surface area contributed by atoms with Gasteiger partial charge in [0.25, 0.3) is 0 Å². The van der Waals surface area contributed by atoms with E-state index >= 15 is 0 Å². The molecule has 1 aliphatic carbocycles. The second kappa shape index (κ2) is 23.6. The second-order valence-electron chi connectivity index (χ2n) is 17.4. The van der Waals surface area contributed by atoms with E-state index in [1.165, 1.54) is 18.7 Å². The van der Waals surface area contributed by atoms with Gasteiger partial charge in [0.1, 0.15) is 36.3 Å². The Labute approximate surface area is 413 Å². The SMILES string of the molecule is NCc1cc([N+]2=CCC(C(F)(F)F)CC2)ncn1.O=C(CCc1cc(C2=CCC(C(F)(F)F)CC2)ncn1)[C@@H]1C[C@@H](F)CN1S(=O)(=O)c1ccc(F)cc1.O=C(O)[C@@H]1C[C@@H](F)CN1S(=O)(=O)c1ccc(F)cc1. The Bertz CT molecular complexity index is 2880. The van der Waals surface area contributed by atoms with E-state index in [2.05, 4.69) is 19.9 Å². The van der Waals surface area contributed by atoms with E-state index in [4.69, 9.17) is 10.8 Å². The molecule has 0 spiro atoms. The summed E-state index contributed by atoms with van der Waals surface area (Å²) in [6.07, 6.45) is -6.17. The van der Waals surface area contributed by atoms with Gasteiger partial charge >= 0.3 is 24.1 Å². The number of carboxylic acid groups (broad SMARTS) is 1. The van der Waals surface area contributed by atoms with Gasteiger partial charge in [0, 0.05) is 51.0 Å². The summed E-state index contributed by atoms with van der Waals surface area (Å²) >= 11 is 0. The Balaban J connectivity index is 0.000000197. The Morgan fingerprint density at radius 1 is 0.712 bits per heavy atom. The summed E-state index contributed by atoms with van der Waals surface area (Å²) in [5.41, 5.74) is 7.76. The number of alkyl halides is 8. The van der Waals surface area contributed by atoms with Crippen molar-refractivity contribution >= 4 is 49.4 Å². The Hall–Kier alpha value is -5.77. The summed E-state index contributed by atoms with van der Waals surface area (Å²) < 4.78 is 183.